The maximum absolute atomic E-state index is 14.3. The summed E-state index contributed by atoms with van der Waals surface area (Å²) in [5.41, 5.74) is 1.93. The van der Waals surface area contributed by atoms with Gasteiger partial charge in [0.1, 0.15) is 11.5 Å². The van der Waals surface area contributed by atoms with Crippen LogP contribution in [0.25, 0.3) is 6.08 Å². The van der Waals surface area contributed by atoms with Crippen LogP contribution in [0.15, 0.2) is 54.2 Å². The summed E-state index contributed by atoms with van der Waals surface area (Å²) in [6.45, 7) is 1.92. The molecule has 2 aromatic carbocycles. The summed E-state index contributed by atoms with van der Waals surface area (Å²) >= 11 is 6.20. The van der Waals surface area contributed by atoms with Crippen molar-refractivity contribution < 1.29 is 18.8 Å². The van der Waals surface area contributed by atoms with Gasteiger partial charge in [-0.05, 0) is 24.3 Å². The fourth-order valence-corrected chi connectivity index (χ4v) is 4.18. The highest BCUT2D eigenvalue weighted by atomic mass is 35.5. The Bertz CT molecular complexity index is 843. The minimum absolute atomic E-state index is 0.251. The average Bonchev–Trinajstić information content (AvgIpc) is 2.67. The lowest BCUT2D eigenvalue weighted by molar-refractivity contribution is -0.880. The number of hydrogen-bond donors (Lipinski definition) is 2. The molecule has 3 aliphatic heterocycles. The Labute approximate surface area is 162 Å². The smallest absolute Gasteiger partial charge is 0.412 e. The summed E-state index contributed by atoms with van der Waals surface area (Å²) in [6.07, 6.45) is 2.87. The van der Waals surface area contributed by atoms with Gasteiger partial charge in [0.2, 0.25) is 0 Å². The van der Waals surface area contributed by atoms with E-state index in [-0.39, 0.29) is 17.8 Å². The number of halogens is 2. The number of anilines is 1. The number of piperidine rings is 3. The van der Waals surface area contributed by atoms with Gasteiger partial charge >= 0.3 is 6.09 Å². The van der Waals surface area contributed by atoms with E-state index in [1.54, 1.807) is 30.3 Å². The number of carbonyl (C=O) groups is 1. The van der Waals surface area contributed by atoms with Crippen molar-refractivity contribution in [3.63, 3.8) is 0 Å². The minimum atomic E-state index is -0.495. The second kappa shape index (κ2) is 7.71. The highest BCUT2D eigenvalue weighted by Gasteiger charge is 2.44. The van der Waals surface area contributed by atoms with E-state index in [4.69, 9.17) is 16.3 Å². The third-order valence-corrected chi connectivity index (χ3v) is 5.66. The van der Waals surface area contributed by atoms with Gasteiger partial charge in [0.25, 0.3) is 0 Å². The maximum Gasteiger partial charge on any atom is 0.412 e. The molecular formula is C21H21ClFN2O2+. The number of rotatable bonds is 3. The van der Waals surface area contributed by atoms with Gasteiger partial charge < -0.3 is 9.64 Å². The number of benzene rings is 2. The van der Waals surface area contributed by atoms with Crippen LogP contribution in [0.5, 0.6) is 0 Å². The van der Waals surface area contributed by atoms with Crippen LogP contribution in [0.1, 0.15) is 18.4 Å². The summed E-state index contributed by atoms with van der Waals surface area (Å²) in [6, 6.07) is 13.8. The van der Waals surface area contributed by atoms with Crippen LogP contribution >= 0.6 is 11.6 Å². The molecule has 2 N–H and O–H groups in total. The second-order valence-corrected chi connectivity index (χ2v) is 7.40. The van der Waals surface area contributed by atoms with E-state index < -0.39 is 6.09 Å². The molecule has 1 amide bonds. The number of nitrogens with one attached hydrogen (secondary N) is 2. The molecule has 0 unspecified atom stereocenters. The van der Waals surface area contributed by atoms with Crippen LogP contribution in [0.4, 0.5) is 14.9 Å². The van der Waals surface area contributed by atoms with Crippen LogP contribution in [0.2, 0.25) is 5.02 Å². The van der Waals surface area contributed by atoms with E-state index in [0.29, 0.717) is 16.3 Å². The second-order valence-electron chi connectivity index (χ2n) is 6.99. The lowest BCUT2D eigenvalue weighted by Gasteiger charge is -2.42. The molecule has 0 saturated carbocycles. The van der Waals surface area contributed by atoms with Crippen LogP contribution < -0.4 is 10.2 Å². The van der Waals surface area contributed by atoms with Gasteiger partial charge in [-0.2, -0.15) is 0 Å². The van der Waals surface area contributed by atoms with E-state index in [0.717, 1.165) is 31.6 Å². The van der Waals surface area contributed by atoms with E-state index in [1.807, 2.05) is 18.2 Å². The number of para-hydroxylation sites is 1. The molecule has 3 fully saturated rings. The van der Waals surface area contributed by atoms with Gasteiger partial charge in [0.15, 0.2) is 6.10 Å². The third kappa shape index (κ3) is 3.84. The molecule has 0 spiro atoms. The fraction of sp³-hybridized carbons (Fsp3) is 0.286. The third-order valence-electron chi connectivity index (χ3n) is 5.33. The zero-order valence-corrected chi connectivity index (χ0v) is 15.5. The maximum atomic E-state index is 14.3. The molecular weight excluding hydrogens is 367 g/mol. The molecule has 4 nitrogen and oxygen atoms in total. The van der Waals surface area contributed by atoms with E-state index in [9.17, 15) is 9.18 Å². The molecule has 0 aliphatic carbocycles. The lowest BCUT2D eigenvalue weighted by Crippen LogP contribution is -3.14. The first kappa shape index (κ1) is 18.0. The quantitative estimate of drug-likeness (QED) is 0.842. The van der Waals surface area contributed by atoms with Gasteiger partial charge in [-0.3, -0.25) is 5.32 Å². The number of ether oxygens (including phenoxy) is 1. The Morgan fingerprint density at radius 1 is 1.15 bits per heavy atom. The zero-order chi connectivity index (χ0) is 18.8. The Hall–Kier alpha value is -2.37. The summed E-state index contributed by atoms with van der Waals surface area (Å²) in [7, 11) is 0. The first-order valence-corrected chi connectivity index (χ1v) is 9.53. The summed E-state index contributed by atoms with van der Waals surface area (Å²) < 4.78 is 20.1. The normalized spacial score (nSPS) is 25.4. The molecule has 3 aliphatic rings. The number of fused-ring (bicyclic) bond motifs is 3. The number of hydrogen-bond acceptors (Lipinski definition) is 2. The van der Waals surface area contributed by atoms with Crippen molar-refractivity contribution in [2.24, 2.45) is 5.92 Å². The Kier molecular flexibility index (Phi) is 5.14. The Balaban J connectivity index is 1.59. The van der Waals surface area contributed by atoms with Crippen molar-refractivity contribution in [3.05, 3.63) is 70.6 Å². The standard InChI is InChI=1S/C21H20ClFN2O2/c22-17-7-4-8-18(23)16(17)13-19-20(14-9-11-25(19)12-10-14)27-21(26)24-15-5-2-1-3-6-15/h1-8,13-14,20H,9-12H2,(H,24,26)/p+1/t20-/m0/s1. The molecule has 3 heterocycles. The Morgan fingerprint density at radius 2 is 1.89 bits per heavy atom. The summed E-state index contributed by atoms with van der Waals surface area (Å²) in [4.78, 5) is 13.6. The molecule has 6 heteroatoms. The fourth-order valence-electron chi connectivity index (χ4n) is 3.97. The van der Waals surface area contributed by atoms with Crippen molar-refractivity contribution in [2.75, 3.05) is 18.4 Å². The molecule has 27 heavy (non-hydrogen) atoms. The highest BCUT2D eigenvalue weighted by molar-refractivity contribution is 6.32. The van der Waals surface area contributed by atoms with Gasteiger partial charge in [0, 0.05) is 36.1 Å². The SMILES string of the molecule is O=C(Nc1ccccc1)O[C@@H]1C(=Cc2c(F)cccc2Cl)[NH+]2CCC1CC2. The highest BCUT2D eigenvalue weighted by Crippen LogP contribution is 2.30. The molecule has 1 atom stereocenters. The predicted octanol–water partition coefficient (Wildman–Crippen LogP) is 3.75. The van der Waals surface area contributed by atoms with Crippen LogP contribution in [0.3, 0.4) is 0 Å². The molecule has 5 rings (SSSR count). The van der Waals surface area contributed by atoms with Gasteiger partial charge in [-0.1, -0.05) is 35.9 Å². The lowest BCUT2D eigenvalue weighted by atomic mass is 9.82. The largest absolute Gasteiger partial charge is 0.435 e. The topological polar surface area (TPSA) is 42.8 Å². The first-order chi connectivity index (χ1) is 13.1. The summed E-state index contributed by atoms with van der Waals surface area (Å²) in [5.74, 6) is -0.120. The van der Waals surface area contributed by atoms with Crippen molar-refractivity contribution in [2.45, 2.75) is 18.9 Å². The zero-order valence-electron chi connectivity index (χ0n) is 14.8. The first-order valence-electron chi connectivity index (χ1n) is 9.15. The number of amides is 1. The number of quaternary nitrogens is 1. The van der Waals surface area contributed by atoms with Gasteiger partial charge in [-0.15, -0.1) is 0 Å². The molecule has 2 bridgehead atoms. The van der Waals surface area contributed by atoms with Crippen molar-refractivity contribution in [3.8, 4) is 0 Å². The summed E-state index contributed by atoms with van der Waals surface area (Å²) in [5, 5.41) is 3.12. The Morgan fingerprint density at radius 3 is 2.59 bits per heavy atom. The van der Waals surface area contributed by atoms with E-state index in [2.05, 4.69) is 5.32 Å². The molecule has 2 aromatic rings. The number of carbonyl (C=O) groups excluding carboxylic acids is 1. The molecule has 0 radical (unpaired) electrons. The van der Waals surface area contributed by atoms with Gasteiger partial charge in [0.05, 0.1) is 18.1 Å². The van der Waals surface area contributed by atoms with Crippen molar-refractivity contribution in [1.82, 2.24) is 0 Å². The van der Waals surface area contributed by atoms with E-state index in [1.165, 1.54) is 11.0 Å². The predicted molar refractivity (Wildman–Crippen MR) is 103 cm³/mol. The van der Waals surface area contributed by atoms with Gasteiger partial charge in [-0.25, -0.2) is 9.18 Å². The molecule has 3 saturated heterocycles. The van der Waals surface area contributed by atoms with Crippen LogP contribution in [0, 0.1) is 11.7 Å². The monoisotopic (exact) mass is 387 g/mol. The van der Waals surface area contributed by atoms with E-state index >= 15 is 0 Å². The van der Waals surface area contributed by atoms with Crippen molar-refractivity contribution >= 4 is 29.5 Å². The average molecular weight is 388 g/mol. The molecule has 0 aromatic heterocycles. The van der Waals surface area contributed by atoms with Crippen molar-refractivity contribution in [1.29, 1.82) is 0 Å². The van der Waals surface area contributed by atoms with Crippen LogP contribution in [-0.4, -0.2) is 25.3 Å². The van der Waals surface area contributed by atoms with Crippen LogP contribution in [-0.2, 0) is 4.74 Å². The molecule has 140 valence electrons. The minimum Gasteiger partial charge on any atom is -0.435 e.